The summed E-state index contributed by atoms with van der Waals surface area (Å²) in [4.78, 5) is 0. The number of hydrogen-bond donors (Lipinski definition) is 1. The minimum absolute atomic E-state index is 0.0275. The number of fused-ring (bicyclic) bond motifs is 1. The lowest BCUT2D eigenvalue weighted by Crippen LogP contribution is -2.25. The zero-order chi connectivity index (χ0) is 12.1. The fraction of sp³-hybridized carbons (Fsp3) is 0.500. The highest BCUT2D eigenvalue weighted by Gasteiger charge is 2.43. The van der Waals surface area contributed by atoms with Gasteiger partial charge in [0.05, 0.1) is 0 Å². The fourth-order valence-electron chi connectivity index (χ4n) is 1.95. The number of ether oxygens (including phenoxy) is 2. The average molecular weight is 241 g/mol. The molecule has 0 saturated heterocycles. The molecule has 1 fully saturated rings. The smallest absolute Gasteiger partial charge is 0.395 e. The summed E-state index contributed by atoms with van der Waals surface area (Å²) in [6.45, 7) is 0. The Hall–Kier alpha value is -1.36. The van der Waals surface area contributed by atoms with Gasteiger partial charge in [0, 0.05) is 5.54 Å². The maximum atomic E-state index is 12.8. The SMILES string of the molecule is NC1(CCc2ccc3c(c2)OC(F)(F)O3)CC1. The first-order valence-corrected chi connectivity index (χ1v) is 5.64. The molecule has 0 atom stereocenters. The maximum absolute atomic E-state index is 12.8. The zero-order valence-corrected chi connectivity index (χ0v) is 9.21. The number of aryl methyl sites for hydroxylation is 1. The van der Waals surface area contributed by atoms with Gasteiger partial charge < -0.3 is 15.2 Å². The summed E-state index contributed by atoms with van der Waals surface area (Å²) in [6.07, 6.45) is 0.222. The van der Waals surface area contributed by atoms with E-state index in [-0.39, 0.29) is 17.0 Å². The van der Waals surface area contributed by atoms with Gasteiger partial charge in [-0.2, -0.15) is 0 Å². The molecule has 5 heteroatoms. The van der Waals surface area contributed by atoms with Crippen molar-refractivity contribution in [1.29, 1.82) is 0 Å². The van der Waals surface area contributed by atoms with E-state index in [1.807, 2.05) is 0 Å². The molecule has 1 aliphatic carbocycles. The normalized spacial score (nSPS) is 22.5. The third-order valence-electron chi connectivity index (χ3n) is 3.27. The fourth-order valence-corrected chi connectivity index (χ4v) is 1.95. The molecule has 3 rings (SSSR count). The van der Waals surface area contributed by atoms with E-state index in [1.165, 1.54) is 6.07 Å². The van der Waals surface area contributed by atoms with E-state index < -0.39 is 6.29 Å². The predicted molar refractivity (Wildman–Crippen MR) is 57.1 cm³/mol. The average Bonchev–Trinajstić information content (AvgIpc) is 2.88. The van der Waals surface area contributed by atoms with Crippen molar-refractivity contribution in [2.45, 2.75) is 37.5 Å². The molecular weight excluding hydrogens is 228 g/mol. The van der Waals surface area contributed by atoms with Crippen LogP contribution >= 0.6 is 0 Å². The largest absolute Gasteiger partial charge is 0.586 e. The first-order chi connectivity index (χ1) is 7.96. The van der Waals surface area contributed by atoms with Crippen molar-refractivity contribution in [3.8, 4) is 11.5 Å². The molecule has 2 N–H and O–H groups in total. The van der Waals surface area contributed by atoms with Crippen LogP contribution in [0, 0.1) is 0 Å². The van der Waals surface area contributed by atoms with Crippen LogP contribution in [0.5, 0.6) is 11.5 Å². The van der Waals surface area contributed by atoms with Gasteiger partial charge in [-0.05, 0) is 43.4 Å². The van der Waals surface area contributed by atoms with Crippen LogP contribution in [0.3, 0.4) is 0 Å². The summed E-state index contributed by atoms with van der Waals surface area (Å²) in [7, 11) is 0. The Morgan fingerprint density at radius 2 is 1.88 bits per heavy atom. The van der Waals surface area contributed by atoms with E-state index in [2.05, 4.69) is 9.47 Å². The summed E-state index contributed by atoms with van der Waals surface area (Å²) in [5.41, 5.74) is 6.89. The Morgan fingerprint density at radius 1 is 1.18 bits per heavy atom. The molecule has 1 saturated carbocycles. The molecule has 2 aliphatic rings. The minimum atomic E-state index is -3.54. The van der Waals surface area contributed by atoms with Gasteiger partial charge in [0.2, 0.25) is 0 Å². The van der Waals surface area contributed by atoms with Crippen molar-refractivity contribution in [2.75, 3.05) is 0 Å². The van der Waals surface area contributed by atoms with E-state index in [0.717, 1.165) is 31.2 Å². The van der Waals surface area contributed by atoms with Crippen LogP contribution in [0.1, 0.15) is 24.8 Å². The molecule has 0 radical (unpaired) electrons. The highest BCUT2D eigenvalue weighted by Crippen LogP contribution is 2.42. The van der Waals surface area contributed by atoms with Gasteiger partial charge in [0.1, 0.15) is 0 Å². The van der Waals surface area contributed by atoms with Crippen molar-refractivity contribution in [3.63, 3.8) is 0 Å². The number of halogens is 2. The summed E-state index contributed by atoms with van der Waals surface area (Å²) < 4.78 is 34.3. The maximum Gasteiger partial charge on any atom is 0.586 e. The molecule has 0 unspecified atom stereocenters. The summed E-state index contributed by atoms with van der Waals surface area (Å²) in [5, 5.41) is 0. The predicted octanol–water partition coefficient (Wildman–Crippen LogP) is 2.43. The molecule has 1 aromatic rings. The number of rotatable bonds is 3. The van der Waals surface area contributed by atoms with Crippen LogP contribution in [0.15, 0.2) is 18.2 Å². The van der Waals surface area contributed by atoms with Gasteiger partial charge in [0.15, 0.2) is 11.5 Å². The minimum Gasteiger partial charge on any atom is -0.395 e. The van der Waals surface area contributed by atoms with Crippen LogP contribution in [-0.2, 0) is 6.42 Å². The Kier molecular flexibility index (Phi) is 2.10. The van der Waals surface area contributed by atoms with Gasteiger partial charge >= 0.3 is 6.29 Å². The highest BCUT2D eigenvalue weighted by molar-refractivity contribution is 5.45. The van der Waals surface area contributed by atoms with Gasteiger partial charge in [-0.1, -0.05) is 6.07 Å². The van der Waals surface area contributed by atoms with Crippen LogP contribution in [0.2, 0.25) is 0 Å². The Bertz CT molecular complexity index is 458. The lowest BCUT2D eigenvalue weighted by molar-refractivity contribution is -0.286. The standard InChI is InChI=1S/C12H13F2NO2/c13-12(14)16-9-2-1-8(7-10(9)17-12)3-4-11(15)5-6-11/h1-2,7H,3-6,15H2. The molecule has 3 nitrogen and oxygen atoms in total. The molecule has 1 heterocycles. The summed E-state index contributed by atoms with van der Waals surface area (Å²) in [5.74, 6) is 0.196. The van der Waals surface area contributed by atoms with Gasteiger partial charge in [-0.25, -0.2) is 0 Å². The first kappa shape index (κ1) is 10.8. The van der Waals surface area contributed by atoms with E-state index in [0.29, 0.717) is 0 Å². The lowest BCUT2D eigenvalue weighted by Gasteiger charge is -2.08. The second kappa shape index (κ2) is 3.32. The third-order valence-corrected chi connectivity index (χ3v) is 3.27. The monoisotopic (exact) mass is 241 g/mol. The van der Waals surface area contributed by atoms with Crippen molar-refractivity contribution in [2.24, 2.45) is 5.73 Å². The molecule has 0 amide bonds. The second-order valence-electron chi connectivity index (χ2n) is 4.81. The van der Waals surface area contributed by atoms with Gasteiger partial charge in [0.25, 0.3) is 0 Å². The van der Waals surface area contributed by atoms with Crippen LogP contribution in [0.4, 0.5) is 8.78 Å². The Labute approximate surface area is 97.5 Å². The zero-order valence-electron chi connectivity index (χ0n) is 9.21. The van der Waals surface area contributed by atoms with Gasteiger partial charge in [-0.3, -0.25) is 0 Å². The van der Waals surface area contributed by atoms with Crippen molar-refractivity contribution >= 4 is 0 Å². The van der Waals surface area contributed by atoms with Crippen molar-refractivity contribution < 1.29 is 18.3 Å². The third kappa shape index (κ3) is 2.20. The van der Waals surface area contributed by atoms with Crippen molar-refractivity contribution in [1.82, 2.24) is 0 Å². The van der Waals surface area contributed by atoms with E-state index in [4.69, 9.17) is 5.73 Å². The van der Waals surface area contributed by atoms with Crippen molar-refractivity contribution in [3.05, 3.63) is 23.8 Å². The molecule has 17 heavy (non-hydrogen) atoms. The molecule has 92 valence electrons. The molecule has 0 aromatic heterocycles. The summed E-state index contributed by atoms with van der Waals surface area (Å²) >= 11 is 0. The van der Waals surface area contributed by atoms with Crippen LogP contribution in [0.25, 0.3) is 0 Å². The molecule has 1 aromatic carbocycles. The van der Waals surface area contributed by atoms with E-state index >= 15 is 0 Å². The lowest BCUT2D eigenvalue weighted by atomic mass is 10.0. The van der Waals surface area contributed by atoms with Crippen LogP contribution < -0.4 is 15.2 Å². The first-order valence-electron chi connectivity index (χ1n) is 5.64. The molecular formula is C12H13F2NO2. The highest BCUT2D eigenvalue weighted by atomic mass is 19.3. The van der Waals surface area contributed by atoms with Crippen LogP contribution in [-0.4, -0.2) is 11.8 Å². The number of benzene rings is 1. The Balaban J connectivity index is 1.72. The number of nitrogens with two attached hydrogens (primary N) is 1. The number of alkyl halides is 2. The van der Waals surface area contributed by atoms with E-state index in [9.17, 15) is 8.78 Å². The van der Waals surface area contributed by atoms with E-state index in [1.54, 1.807) is 12.1 Å². The topological polar surface area (TPSA) is 44.5 Å². The summed E-state index contributed by atoms with van der Waals surface area (Å²) in [6, 6.07) is 4.89. The Morgan fingerprint density at radius 3 is 2.59 bits per heavy atom. The molecule has 1 aliphatic heterocycles. The number of hydrogen-bond acceptors (Lipinski definition) is 3. The quantitative estimate of drug-likeness (QED) is 0.883. The second-order valence-corrected chi connectivity index (χ2v) is 4.81. The molecule has 0 spiro atoms. The van der Waals surface area contributed by atoms with Gasteiger partial charge in [-0.15, -0.1) is 8.78 Å². The molecule has 0 bridgehead atoms.